The van der Waals surface area contributed by atoms with Crippen molar-refractivity contribution in [3.63, 3.8) is 0 Å². The molecule has 16 nitrogen and oxygen atoms in total. The number of aliphatic hydroxyl groups excluding tert-OH is 2. The summed E-state index contributed by atoms with van der Waals surface area (Å²) in [5.41, 5.74) is 1.19. The van der Waals surface area contributed by atoms with Crippen molar-refractivity contribution in [3.8, 4) is 17.6 Å². The van der Waals surface area contributed by atoms with Crippen LogP contribution in [-0.2, 0) is 43.6 Å². The Balaban J connectivity index is 1.33. The van der Waals surface area contributed by atoms with Crippen molar-refractivity contribution >= 4 is 41.4 Å². The Kier molecular flexibility index (Phi) is 15.7. The van der Waals surface area contributed by atoms with Crippen LogP contribution in [0.1, 0.15) is 82.6 Å². The first kappa shape index (κ1) is 52.3. The van der Waals surface area contributed by atoms with Crippen LogP contribution in [0.2, 0.25) is 0 Å². The van der Waals surface area contributed by atoms with Crippen LogP contribution >= 0.6 is 0 Å². The molecule has 6 aromatic carbocycles. The number of rotatable bonds is 15. The molecule has 3 aliphatic heterocycles. The predicted molar refractivity (Wildman–Crippen MR) is 278 cm³/mol. The molecular weight excluding hydrogens is 969 g/mol. The first-order valence-corrected chi connectivity index (χ1v) is 24.8. The lowest BCUT2D eigenvalue weighted by atomic mass is 9.65. The van der Waals surface area contributed by atoms with Crippen molar-refractivity contribution < 1.29 is 57.9 Å². The van der Waals surface area contributed by atoms with Crippen LogP contribution in [0.3, 0.4) is 0 Å². The Hall–Kier alpha value is -8.62. The summed E-state index contributed by atoms with van der Waals surface area (Å²) in [7, 11) is 2.28. The van der Waals surface area contributed by atoms with Gasteiger partial charge in [-0.25, -0.2) is 9.69 Å². The van der Waals surface area contributed by atoms with E-state index in [9.17, 15) is 19.8 Å². The first-order valence-electron chi connectivity index (χ1n) is 24.8. The van der Waals surface area contributed by atoms with Gasteiger partial charge in [0.1, 0.15) is 29.9 Å². The molecule has 8 atom stereocenters. The SMILES string of the molecule is COC(=O)C(CC#Cc1ccc2c(c1)[C@]1(C(=O)N2C(=O)N[C@H](C)c2ccccc2)[C@H](C(=O)NC[C@H](O)c2ccccc2)[C@H]2C(=O)O[C@H](c3ccccc3)[C@H](c3ccccc3)N2[C@@H]1c1cccc(OCCO)c1)C(=O)OC. The third-order valence-corrected chi connectivity index (χ3v) is 14.3. The molecule has 388 valence electrons. The first-order chi connectivity index (χ1) is 36.9. The molecule has 2 fully saturated rings. The quantitative estimate of drug-likeness (QED) is 0.0364. The summed E-state index contributed by atoms with van der Waals surface area (Å²) >= 11 is 0. The van der Waals surface area contributed by atoms with Crippen LogP contribution in [0, 0.1) is 23.7 Å². The highest BCUT2D eigenvalue weighted by atomic mass is 16.6. The second kappa shape index (κ2) is 22.9. The smallest absolute Gasteiger partial charge is 0.329 e. The van der Waals surface area contributed by atoms with Crippen LogP contribution in [0.4, 0.5) is 10.5 Å². The number of hydrogen-bond donors (Lipinski definition) is 4. The molecule has 3 aliphatic rings. The number of aliphatic hydroxyl groups is 2. The van der Waals surface area contributed by atoms with Gasteiger partial charge < -0.3 is 39.8 Å². The van der Waals surface area contributed by atoms with E-state index in [4.69, 9.17) is 18.9 Å². The average Bonchev–Trinajstić information content (AvgIpc) is 4.16. The fourth-order valence-electron chi connectivity index (χ4n) is 10.9. The number of fused-ring (bicyclic) bond motifs is 3. The van der Waals surface area contributed by atoms with E-state index in [-0.39, 0.29) is 43.0 Å². The van der Waals surface area contributed by atoms with E-state index < -0.39 is 89.4 Å². The van der Waals surface area contributed by atoms with E-state index >= 15 is 19.2 Å². The summed E-state index contributed by atoms with van der Waals surface area (Å²) in [5.74, 6) is -1.09. The second-order valence-electron chi connectivity index (χ2n) is 18.6. The number of esters is 3. The van der Waals surface area contributed by atoms with Crippen molar-refractivity contribution in [3.05, 3.63) is 203 Å². The predicted octanol–water partition coefficient (Wildman–Crippen LogP) is 6.75. The number of amides is 4. The van der Waals surface area contributed by atoms with Crippen molar-refractivity contribution in [2.75, 3.05) is 38.9 Å². The highest BCUT2D eigenvalue weighted by Crippen LogP contribution is 2.66. The van der Waals surface area contributed by atoms with Gasteiger partial charge in [-0.15, -0.1) is 0 Å². The van der Waals surface area contributed by atoms with Gasteiger partial charge >= 0.3 is 23.9 Å². The van der Waals surface area contributed by atoms with Gasteiger partial charge in [0.05, 0.1) is 56.7 Å². The third-order valence-electron chi connectivity index (χ3n) is 14.3. The van der Waals surface area contributed by atoms with E-state index in [1.54, 1.807) is 79.7 Å². The summed E-state index contributed by atoms with van der Waals surface area (Å²) in [4.78, 5) is 91.8. The highest BCUT2D eigenvalue weighted by molar-refractivity contribution is 6.24. The Morgan fingerprint density at radius 1 is 0.737 bits per heavy atom. The monoisotopic (exact) mass is 1020 g/mol. The Bertz CT molecular complexity index is 3150. The minimum absolute atomic E-state index is 0.0826. The number of carbonyl (C=O) groups is 6. The maximum atomic E-state index is 16.8. The second-order valence-corrected chi connectivity index (χ2v) is 18.6. The lowest BCUT2D eigenvalue weighted by Gasteiger charge is -2.46. The molecule has 16 heteroatoms. The standard InChI is InChI=1S/C60H56N4O12/c1-37(39-19-8-4-9-20-39)62-59(72)63-47-31-30-38(18-16-29-45(55(68)73-2)56(69)74-3)34-46(47)60(58(63)71)49(54(67)61-36-48(66)40-21-10-5-11-22-40)51-57(70)76-52(42-25-14-7-15-26-42)50(41-23-12-6-13-24-41)64(51)53(60)43-27-17-28-44(35-43)75-33-32-65/h4-15,17,19-28,30-31,34-35,37,45,48-53,65-66H,29,32-33,36H2,1-3H3,(H,61,67)(H,62,72)/t37-,48+,49+,50+,51+,52-,53-,60+/m1/s1. The number of methoxy groups -OCH3 is 2. The fraction of sp³-hybridized carbons (Fsp3) is 0.267. The molecule has 6 aromatic rings. The van der Waals surface area contributed by atoms with Gasteiger partial charge in [-0.2, -0.15) is 0 Å². The number of hydrogen-bond acceptors (Lipinski definition) is 13. The van der Waals surface area contributed by atoms with Gasteiger partial charge in [-0.1, -0.05) is 145 Å². The van der Waals surface area contributed by atoms with Gasteiger partial charge in [0.15, 0.2) is 5.92 Å². The largest absolute Gasteiger partial charge is 0.491 e. The molecule has 0 unspecified atom stereocenters. The summed E-state index contributed by atoms with van der Waals surface area (Å²) in [6.45, 7) is 1.03. The number of anilines is 1. The van der Waals surface area contributed by atoms with Crippen molar-refractivity contribution in [1.82, 2.24) is 15.5 Å². The number of benzene rings is 6. The summed E-state index contributed by atoms with van der Waals surface area (Å²) < 4.78 is 22.3. The molecule has 76 heavy (non-hydrogen) atoms. The lowest BCUT2D eigenvalue weighted by Crippen LogP contribution is -2.56. The maximum Gasteiger partial charge on any atom is 0.329 e. The number of nitrogens with zero attached hydrogens (tertiary/aromatic N) is 2. The number of cyclic esters (lactones) is 1. The van der Waals surface area contributed by atoms with Crippen molar-refractivity contribution in [1.29, 1.82) is 0 Å². The molecule has 3 heterocycles. The average molecular weight is 1030 g/mol. The maximum absolute atomic E-state index is 16.8. The number of nitrogens with one attached hydrogen (secondary N) is 2. The van der Waals surface area contributed by atoms with Crippen LogP contribution in [0.25, 0.3) is 0 Å². The molecule has 0 aliphatic carbocycles. The molecule has 0 aromatic heterocycles. The van der Waals surface area contributed by atoms with Crippen LogP contribution in [-0.4, -0.2) is 90.9 Å². The molecule has 0 bridgehead atoms. The molecular formula is C60H56N4O12. The Labute approximate surface area is 439 Å². The number of ether oxygens (including phenoxy) is 4. The number of morpholine rings is 1. The lowest BCUT2D eigenvalue weighted by molar-refractivity contribution is -0.178. The Morgan fingerprint density at radius 2 is 1.34 bits per heavy atom. The Morgan fingerprint density at radius 3 is 1.97 bits per heavy atom. The topological polar surface area (TPSA) is 210 Å². The highest BCUT2D eigenvalue weighted by Gasteiger charge is 2.75. The third kappa shape index (κ3) is 9.91. The van der Waals surface area contributed by atoms with Crippen molar-refractivity contribution in [2.24, 2.45) is 11.8 Å². The van der Waals surface area contributed by atoms with Gasteiger partial charge in [-0.05, 0) is 70.6 Å². The van der Waals surface area contributed by atoms with Gasteiger partial charge in [0, 0.05) is 18.5 Å². The molecule has 2 saturated heterocycles. The zero-order valence-electron chi connectivity index (χ0n) is 41.9. The molecule has 0 radical (unpaired) electrons. The number of carbonyl (C=O) groups excluding carboxylic acids is 6. The minimum atomic E-state index is -2.22. The molecule has 4 N–H and O–H groups in total. The number of urea groups is 1. The van der Waals surface area contributed by atoms with Crippen molar-refractivity contribution in [2.45, 2.75) is 55.1 Å². The van der Waals surface area contributed by atoms with Crippen LogP contribution in [0.5, 0.6) is 5.75 Å². The molecule has 1 spiro atoms. The van der Waals surface area contributed by atoms with E-state index in [0.29, 0.717) is 28.0 Å². The van der Waals surface area contributed by atoms with E-state index in [1.165, 1.54) is 0 Å². The zero-order valence-corrected chi connectivity index (χ0v) is 41.9. The summed E-state index contributed by atoms with van der Waals surface area (Å²) in [5, 5.41) is 27.3. The summed E-state index contributed by atoms with van der Waals surface area (Å²) in [6.07, 6.45) is -2.55. The number of imide groups is 1. The van der Waals surface area contributed by atoms with E-state index in [1.807, 2.05) is 95.9 Å². The minimum Gasteiger partial charge on any atom is -0.491 e. The van der Waals surface area contributed by atoms with E-state index in [2.05, 4.69) is 22.5 Å². The molecule has 0 saturated carbocycles. The molecule has 4 amide bonds. The summed E-state index contributed by atoms with van der Waals surface area (Å²) in [6, 6.07) is 42.6. The molecule has 9 rings (SSSR count). The van der Waals surface area contributed by atoms with Crippen LogP contribution < -0.4 is 20.3 Å². The van der Waals surface area contributed by atoms with Gasteiger partial charge in [0.25, 0.3) is 0 Å². The zero-order chi connectivity index (χ0) is 53.5. The normalized spacial score (nSPS) is 21.3. The van der Waals surface area contributed by atoms with Gasteiger partial charge in [0.2, 0.25) is 11.8 Å². The van der Waals surface area contributed by atoms with Gasteiger partial charge in [-0.3, -0.25) is 28.9 Å². The van der Waals surface area contributed by atoms with E-state index in [0.717, 1.165) is 24.7 Å². The van der Waals surface area contributed by atoms with Crippen LogP contribution in [0.15, 0.2) is 164 Å². The fourth-order valence-corrected chi connectivity index (χ4v) is 10.9.